The van der Waals surface area contributed by atoms with Crippen LogP contribution in [0.2, 0.25) is 5.02 Å². The Morgan fingerprint density at radius 2 is 1.92 bits per heavy atom. The van der Waals surface area contributed by atoms with E-state index in [9.17, 15) is 4.79 Å². The molecular formula is C19H17ClN4O. The van der Waals surface area contributed by atoms with Crippen molar-refractivity contribution in [3.05, 3.63) is 82.1 Å². The number of rotatable bonds is 4. The highest BCUT2D eigenvalue weighted by atomic mass is 35.5. The highest BCUT2D eigenvalue weighted by Crippen LogP contribution is 2.16. The van der Waals surface area contributed by atoms with Crippen LogP contribution in [0.25, 0.3) is 5.69 Å². The van der Waals surface area contributed by atoms with Crippen LogP contribution in [0.5, 0.6) is 0 Å². The second-order valence-electron chi connectivity index (χ2n) is 5.54. The van der Waals surface area contributed by atoms with E-state index in [1.807, 2.05) is 48.9 Å². The molecule has 5 nitrogen and oxygen atoms in total. The van der Waals surface area contributed by atoms with E-state index in [2.05, 4.69) is 15.6 Å². The molecule has 0 fully saturated rings. The fraction of sp³-hybridized carbons (Fsp3) is 0.105. The summed E-state index contributed by atoms with van der Waals surface area (Å²) in [4.78, 5) is 12.1. The zero-order valence-electron chi connectivity index (χ0n) is 13.9. The zero-order valence-corrected chi connectivity index (χ0v) is 14.7. The summed E-state index contributed by atoms with van der Waals surface area (Å²) in [5.41, 5.74) is 6.60. The first-order valence-corrected chi connectivity index (χ1v) is 8.14. The number of hydrazone groups is 1. The molecule has 1 N–H and O–H groups in total. The summed E-state index contributed by atoms with van der Waals surface area (Å²) >= 11 is 5.89. The Hall–Kier alpha value is -2.92. The number of para-hydroxylation sites is 1. The van der Waals surface area contributed by atoms with E-state index in [0.717, 1.165) is 22.6 Å². The van der Waals surface area contributed by atoms with Crippen LogP contribution in [0.3, 0.4) is 0 Å². The van der Waals surface area contributed by atoms with Gasteiger partial charge in [-0.2, -0.15) is 10.2 Å². The first kappa shape index (κ1) is 16.9. The maximum atomic E-state index is 12.1. The lowest BCUT2D eigenvalue weighted by molar-refractivity contribution is 0.0955. The van der Waals surface area contributed by atoms with E-state index in [1.54, 1.807) is 30.5 Å². The van der Waals surface area contributed by atoms with E-state index >= 15 is 0 Å². The lowest BCUT2D eigenvalue weighted by Gasteiger charge is -2.03. The van der Waals surface area contributed by atoms with Crippen molar-refractivity contribution in [2.75, 3.05) is 0 Å². The molecule has 0 aliphatic carbocycles. The fourth-order valence-corrected chi connectivity index (χ4v) is 2.70. The maximum absolute atomic E-state index is 12.1. The Kier molecular flexibility index (Phi) is 4.95. The number of nitrogens with one attached hydrogen (secondary N) is 1. The van der Waals surface area contributed by atoms with Crippen molar-refractivity contribution in [2.45, 2.75) is 13.8 Å². The molecule has 0 aliphatic rings. The molecule has 25 heavy (non-hydrogen) atoms. The van der Waals surface area contributed by atoms with Gasteiger partial charge < -0.3 is 0 Å². The maximum Gasteiger partial charge on any atom is 0.271 e. The van der Waals surface area contributed by atoms with Crippen molar-refractivity contribution < 1.29 is 4.79 Å². The van der Waals surface area contributed by atoms with Crippen LogP contribution in [0.4, 0.5) is 0 Å². The number of carbonyl (C=O) groups is 1. The number of hydrogen-bond acceptors (Lipinski definition) is 3. The minimum absolute atomic E-state index is 0.315. The summed E-state index contributed by atoms with van der Waals surface area (Å²) in [6, 6.07) is 16.6. The summed E-state index contributed by atoms with van der Waals surface area (Å²) < 4.78 is 1.86. The van der Waals surface area contributed by atoms with Gasteiger partial charge in [-0.3, -0.25) is 4.79 Å². The van der Waals surface area contributed by atoms with Gasteiger partial charge in [-0.1, -0.05) is 35.9 Å². The molecule has 0 spiro atoms. The largest absolute Gasteiger partial charge is 0.271 e. The summed E-state index contributed by atoms with van der Waals surface area (Å²) in [5, 5.41) is 9.11. The third-order valence-electron chi connectivity index (χ3n) is 3.79. The molecule has 1 heterocycles. The van der Waals surface area contributed by atoms with Crippen LogP contribution in [0, 0.1) is 13.8 Å². The second-order valence-corrected chi connectivity index (χ2v) is 5.98. The van der Waals surface area contributed by atoms with Crippen LogP contribution >= 0.6 is 11.6 Å². The minimum Gasteiger partial charge on any atom is -0.267 e. The van der Waals surface area contributed by atoms with E-state index in [1.165, 1.54) is 0 Å². The quantitative estimate of drug-likeness (QED) is 0.571. The predicted octanol–water partition coefficient (Wildman–Crippen LogP) is 3.91. The lowest BCUT2D eigenvalue weighted by Crippen LogP contribution is -2.17. The van der Waals surface area contributed by atoms with Gasteiger partial charge in [0.2, 0.25) is 0 Å². The molecule has 1 aromatic heterocycles. The van der Waals surface area contributed by atoms with Crippen LogP contribution < -0.4 is 5.43 Å². The van der Waals surface area contributed by atoms with Crippen molar-refractivity contribution in [3.8, 4) is 5.69 Å². The molecule has 3 aromatic rings. The van der Waals surface area contributed by atoms with Gasteiger partial charge in [0.1, 0.15) is 0 Å². The molecular weight excluding hydrogens is 336 g/mol. The van der Waals surface area contributed by atoms with E-state index in [4.69, 9.17) is 11.6 Å². The highest BCUT2D eigenvalue weighted by Gasteiger charge is 2.11. The molecule has 6 heteroatoms. The fourth-order valence-electron chi connectivity index (χ4n) is 2.51. The van der Waals surface area contributed by atoms with Crippen LogP contribution in [-0.4, -0.2) is 21.9 Å². The smallest absolute Gasteiger partial charge is 0.267 e. The number of aryl methyl sites for hydroxylation is 1. The van der Waals surface area contributed by atoms with Gasteiger partial charge in [0.25, 0.3) is 5.91 Å². The third kappa shape index (κ3) is 3.78. The van der Waals surface area contributed by atoms with Gasteiger partial charge in [-0.15, -0.1) is 0 Å². The van der Waals surface area contributed by atoms with Crippen molar-refractivity contribution in [1.29, 1.82) is 0 Å². The Labute approximate surface area is 150 Å². The second kappa shape index (κ2) is 7.32. The van der Waals surface area contributed by atoms with Crippen molar-refractivity contribution in [2.24, 2.45) is 5.10 Å². The van der Waals surface area contributed by atoms with Gasteiger partial charge >= 0.3 is 0 Å². The molecule has 1 amide bonds. The molecule has 126 valence electrons. The van der Waals surface area contributed by atoms with Gasteiger partial charge in [0, 0.05) is 16.1 Å². The Morgan fingerprint density at radius 3 is 2.64 bits per heavy atom. The van der Waals surface area contributed by atoms with Gasteiger partial charge in [0.05, 0.1) is 23.3 Å². The van der Waals surface area contributed by atoms with E-state index in [-0.39, 0.29) is 5.91 Å². The lowest BCUT2D eigenvalue weighted by atomic mass is 10.2. The molecule has 0 aliphatic heterocycles. The molecule has 3 rings (SSSR count). The molecule has 0 saturated heterocycles. The number of aromatic nitrogens is 2. The topological polar surface area (TPSA) is 59.3 Å². The standard InChI is InChI=1S/C19H17ClN4O/c1-13-18(14(2)24(23-13)17-9-4-3-5-10-17)12-21-22-19(25)15-7-6-8-16(20)11-15/h3-12H,1-2H3,(H,22,25)/b21-12+. The highest BCUT2D eigenvalue weighted by molar-refractivity contribution is 6.30. The van der Waals surface area contributed by atoms with Crippen molar-refractivity contribution in [3.63, 3.8) is 0 Å². The SMILES string of the molecule is Cc1nn(-c2ccccc2)c(C)c1/C=N/NC(=O)c1cccc(Cl)c1. The number of amides is 1. The van der Waals surface area contributed by atoms with E-state index < -0.39 is 0 Å². The van der Waals surface area contributed by atoms with Gasteiger partial charge in [0.15, 0.2) is 0 Å². The van der Waals surface area contributed by atoms with E-state index in [0.29, 0.717) is 10.6 Å². The summed E-state index contributed by atoms with van der Waals surface area (Å²) in [6.45, 7) is 3.87. The van der Waals surface area contributed by atoms with Gasteiger partial charge in [-0.05, 0) is 44.2 Å². The number of hydrogen-bond donors (Lipinski definition) is 1. The predicted molar refractivity (Wildman–Crippen MR) is 99.6 cm³/mol. The van der Waals surface area contributed by atoms with Crippen LogP contribution in [0.15, 0.2) is 59.7 Å². The number of carbonyl (C=O) groups excluding carboxylic acids is 1. The molecule has 0 unspecified atom stereocenters. The van der Waals surface area contributed by atoms with Crippen LogP contribution in [0.1, 0.15) is 27.3 Å². The van der Waals surface area contributed by atoms with Crippen molar-refractivity contribution >= 4 is 23.7 Å². The number of nitrogens with zero attached hydrogens (tertiary/aromatic N) is 3. The third-order valence-corrected chi connectivity index (χ3v) is 4.03. The monoisotopic (exact) mass is 352 g/mol. The Bertz CT molecular complexity index is 932. The first-order chi connectivity index (χ1) is 12.1. The summed E-state index contributed by atoms with van der Waals surface area (Å²) in [5.74, 6) is -0.315. The summed E-state index contributed by atoms with van der Waals surface area (Å²) in [7, 11) is 0. The minimum atomic E-state index is -0.315. The Balaban J connectivity index is 1.78. The molecule has 0 atom stereocenters. The average Bonchev–Trinajstić information content (AvgIpc) is 2.90. The average molecular weight is 353 g/mol. The zero-order chi connectivity index (χ0) is 17.8. The molecule has 2 aromatic carbocycles. The molecule has 0 bridgehead atoms. The summed E-state index contributed by atoms with van der Waals surface area (Å²) in [6.07, 6.45) is 1.61. The Morgan fingerprint density at radius 1 is 1.16 bits per heavy atom. The van der Waals surface area contributed by atoms with Crippen molar-refractivity contribution in [1.82, 2.24) is 15.2 Å². The number of benzene rings is 2. The number of halogens is 1. The molecule has 0 radical (unpaired) electrons. The van der Waals surface area contributed by atoms with Gasteiger partial charge in [-0.25, -0.2) is 10.1 Å². The first-order valence-electron chi connectivity index (χ1n) is 7.77. The van der Waals surface area contributed by atoms with Crippen LogP contribution in [-0.2, 0) is 0 Å². The normalized spacial score (nSPS) is 11.0. The molecule has 0 saturated carbocycles.